The fraction of sp³-hybridized carbons (Fsp3) is 0.385. The van der Waals surface area contributed by atoms with Gasteiger partial charge < -0.3 is 10.4 Å². The summed E-state index contributed by atoms with van der Waals surface area (Å²) in [4.78, 5) is 23.2. The van der Waals surface area contributed by atoms with Crippen molar-refractivity contribution in [1.29, 1.82) is 0 Å². The van der Waals surface area contributed by atoms with Gasteiger partial charge in [-0.3, -0.25) is 9.59 Å². The van der Waals surface area contributed by atoms with Crippen molar-refractivity contribution in [2.45, 2.75) is 30.7 Å². The van der Waals surface area contributed by atoms with Crippen molar-refractivity contribution < 1.29 is 14.7 Å². The molecule has 0 aliphatic carbocycles. The quantitative estimate of drug-likeness (QED) is 0.743. The first-order chi connectivity index (χ1) is 8.61. The maximum absolute atomic E-state index is 11.6. The van der Waals surface area contributed by atoms with E-state index in [0.717, 1.165) is 4.90 Å². The van der Waals surface area contributed by atoms with Crippen LogP contribution in [-0.2, 0) is 9.59 Å². The molecule has 0 aliphatic heterocycles. The van der Waals surface area contributed by atoms with Crippen LogP contribution in [0.15, 0.2) is 35.2 Å². The number of aliphatic carboxylic acids is 1. The standard InChI is InChI=1S/C13H17NO3S/c1-2-10(8-13(16)17)14-12(15)9-18-11-6-4-3-5-7-11/h3-7,10H,2,8-9H2,1H3,(H,14,15)(H,16,17). The molecule has 1 amide bonds. The highest BCUT2D eigenvalue weighted by molar-refractivity contribution is 8.00. The van der Waals surface area contributed by atoms with Gasteiger partial charge in [-0.15, -0.1) is 11.8 Å². The summed E-state index contributed by atoms with van der Waals surface area (Å²) < 4.78 is 0. The Morgan fingerprint density at radius 3 is 2.56 bits per heavy atom. The Balaban J connectivity index is 2.34. The van der Waals surface area contributed by atoms with E-state index < -0.39 is 5.97 Å². The molecule has 5 heteroatoms. The van der Waals surface area contributed by atoms with Crippen LogP contribution in [0.2, 0.25) is 0 Å². The largest absolute Gasteiger partial charge is 0.481 e. The second-order valence-electron chi connectivity index (χ2n) is 3.87. The third kappa shape index (κ3) is 5.72. The van der Waals surface area contributed by atoms with Crippen LogP contribution in [-0.4, -0.2) is 28.8 Å². The summed E-state index contributed by atoms with van der Waals surface area (Å²) >= 11 is 1.44. The summed E-state index contributed by atoms with van der Waals surface area (Å²) in [5.41, 5.74) is 0. The number of amides is 1. The van der Waals surface area contributed by atoms with Gasteiger partial charge in [0.1, 0.15) is 0 Å². The molecule has 18 heavy (non-hydrogen) atoms. The number of benzene rings is 1. The topological polar surface area (TPSA) is 66.4 Å². The van der Waals surface area contributed by atoms with Crippen molar-refractivity contribution >= 4 is 23.6 Å². The molecular formula is C13H17NO3S. The van der Waals surface area contributed by atoms with Gasteiger partial charge in [0.2, 0.25) is 5.91 Å². The highest BCUT2D eigenvalue weighted by Crippen LogP contribution is 2.16. The third-order valence-electron chi connectivity index (χ3n) is 2.39. The minimum atomic E-state index is -0.891. The first-order valence-corrected chi connectivity index (χ1v) is 6.79. The fourth-order valence-electron chi connectivity index (χ4n) is 1.44. The van der Waals surface area contributed by atoms with Crippen molar-refractivity contribution in [1.82, 2.24) is 5.32 Å². The zero-order chi connectivity index (χ0) is 13.4. The Kier molecular flexibility index (Phi) is 6.28. The van der Waals surface area contributed by atoms with Crippen LogP contribution in [0, 0.1) is 0 Å². The lowest BCUT2D eigenvalue weighted by atomic mass is 10.1. The normalized spacial score (nSPS) is 11.8. The number of hydrogen-bond acceptors (Lipinski definition) is 3. The van der Waals surface area contributed by atoms with Crippen molar-refractivity contribution in [2.75, 3.05) is 5.75 Å². The number of nitrogens with one attached hydrogen (secondary N) is 1. The van der Waals surface area contributed by atoms with E-state index in [0.29, 0.717) is 12.2 Å². The van der Waals surface area contributed by atoms with Crippen LogP contribution in [0.25, 0.3) is 0 Å². The molecule has 4 nitrogen and oxygen atoms in total. The summed E-state index contributed by atoms with van der Waals surface area (Å²) in [5, 5.41) is 11.4. The summed E-state index contributed by atoms with van der Waals surface area (Å²) in [6.07, 6.45) is 0.590. The van der Waals surface area contributed by atoms with E-state index in [9.17, 15) is 9.59 Å². The summed E-state index contributed by atoms with van der Waals surface area (Å²) in [7, 11) is 0. The number of thioether (sulfide) groups is 1. The molecule has 1 aromatic rings. The molecule has 0 spiro atoms. The zero-order valence-electron chi connectivity index (χ0n) is 10.3. The van der Waals surface area contributed by atoms with Gasteiger partial charge in [-0.25, -0.2) is 0 Å². The third-order valence-corrected chi connectivity index (χ3v) is 3.40. The lowest BCUT2D eigenvalue weighted by Gasteiger charge is -2.14. The SMILES string of the molecule is CCC(CC(=O)O)NC(=O)CSc1ccccc1. The predicted octanol–water partition coefficient (Wildman–Crippen LogP) is 2.15. The van der Waals surface area contributed by atoms with Crippen LogP contribution in [0.1, 0.15) is 19.8 Å². The Morgan fingerprint density at radius 2 is 2.00 bits per heavy atom. The van der Waals surface area contributed by atoms with Gasteiger partial charge in [0.25, 0.3) is 0 Å². The van der Waals surface area contributed by atoms with Gasteiger partial charge in [0, 0.05) is 10.9 Å². The van der Waals surface area contributed by atoms with E-state index in [-0.39, 0.29) is 18.4 Å². The number of carbonyl (C=O) groups is 2. The molecule has 0 radical (unpaired) electrons. The number of carboxylic acid groups (broad SMARTS) is 1. The summed E-state index contributed by atoms with van der Waals surface area (Å²) in [6, 6.07) is 9.34. The van der Waals surface area contributed by atoms with Gasteiger partial charge in [-0.1, -0.05) is 25.1 Å². The van der Waals surface area contributed by atoms with Crippen LogP contribution >= 0.6 is 11.8 Å². The minimum Gasteiger partial charge on any atom is -0.481 e. The molecule has 0 heterocycles. The zero-order valence-corrected chi connectivity index (χ0v) is 11.1. The number of carboxylic acids is 1. The lowest BCUT2D eigenvalue weighted by Crippen LogP contribution is -2.37. The van der Waals surface area contributed by atoms with Crippen molar-refractivity contribution in [2.24, 2.45) is 0 Å². The Morgan fingerprint density at radius 1 is 1.33 bits per heavy atom. The number of carbonyl (C=O) groups excluding carboxylic acids is 1. The molecule has 1 rings (SSSR count). The molecule has 1 unspecified atom stereocenters. The molecule has 0 fully saturated rings. The Hall–Kier alpha value is -1.49. The molecule has 0 bridgehead atoms. The van der Waals surface area contributed by atoms with Crippen LogP contribution in [0.4, 0.5) is 0 Å². The minimum absolute atomic E-state index is 0.0295. The van der Waals surface area contributed by atoms with Gasteiger partial charge in [0.15, 0.2) is 0 Å². The second-order valence-corrected chi connectivity index (χ2v) is 4.92. The van der Waals surface area contributed by atoms with E-state index >= 15 is 0 Å². The number of rotatable bonds is 7. The average Bonchev–Trinajstić information content (AvgIpc) is 2.36. The maximum atomic E-state index is 11.6. The van der Waals surface area contributed by atoms with Crippen molar-refractivity contribution in [3.63, 3.8) is 0 Å². The van der Waals surface area contributed by atoms with E-state index in [4.69, 9.17) is 5.11 Å². The first-order valence-electron chi connectivity index (χ1n) is 5.80. The monoisotopic (exact) mass is 267 g/mol. The average molecular weight is 267 g/mol. The van der Waals surface area contributed by atoms with Crippen LogP contribution in [0.5, 0.6) is 0 Å². The smallest absolute Gasteiger partial charge is 0.305 e. The Bertz CT molecular complexity index is 394. The van der Waals surface area contributed by atoms with Gasteiger partial charge in [-0.05, 0) is 18.6 Å². The van der Waals surface area contributed by atoms with Gasteiger partial charge >= 0.3 is 5.97 Å². The molecule has 0 saturated carbocycles. The van der Waals surface area contributed by atoms with E-state index in [2.05, 4.69) is 5.32 Å². The van der Waals surface area contributed by atoms with E-state index in [1.54, 1.807) is 0 Å². The van der Waals surface area contributed by atoms with Crippen molar-refractivity contribution in [3.05, 3.63) is 30.3 Å². The molecular weight excluding hydrogens is 250 g/mol. The first kappa shape index (κ1) is 14.6. The van der Waals surface area contributed by atoms with Gasteiger partial charge in [0.05, 0.1) is 12.2 Å². The maximum Gasteiger partial charge on any atom is 0.305 e. The fourth-order valence-corrected chi connectivity index (χ4v) is 2.17. The summed E-state index contributed by atoms with van der Waals surface area (Å²) in [6.45, 7) is 1.86. The summed E-state index contributed by atoms with van der Waals surface area (Å²) in [5.74, 6) is -0.713. The van der Waals surface area contributed by atoms with Crippen LogP contribution in [0.3, 0.4) is 0 Å². The van der Waals surface area contributed by atoms with Crippen LogP contribution < -0.4 is 5.32 Å². The molecule has 0 saturated heterocycles. The van der Waals surface area contributed by atoms with E-state index in [1.807, 2.05) is 37.3 Å². The molecule has 2 N–H and O–H groups in total. The number of hydrogen-bond donors (Lipinski definition) is 2. The molecule has 0 aliphatic rings. The Labute approximate surface area is 111 Å². The highest BCUT2D eigenvalue weighted by Gasteiger charge is 2.13. The molecule has 1 atom stereocenters. The molecule has 0 aromatic heterocycles. The lowest BCUT2D eigenvalue weighted by molar-refractivity contribution is -0.137. The second kappa shape index (κ2) is 7.76. The van der Waals surface area contributed by atoms with E-state index in [1.165, 1.54) is 11.8 Å². The molecule has 1 aromatic carbocycles. The van der Waals surface area contributed by atoms with Crippen molar-refractivity contribution in [3.8, 4) is 0 Å². The highest BCUT2D eigenvalue weighted by atomic mass is 32.2. The predicted molar refractivity (Wildman–Crippen MR) is 71.6 cm³/mol. The van der Waals surface area contributed by atoms with Gasteiger partial charge in [-0.2, -0.15) is 0 Å². The molecule has 98 valence electrons.